The highest BCUT2D eigenvalue weighted by Gasteiger charge is 2.13. The minimum Gasteiger partial charge on any atom is -0.493 e. The normalized spacial score (nSPS) is 12.8. The van der Waals surface area contributed by atoms with Crippen LogP contribution in [0.4, 0.5) is 0 Å². The average molecular weight is 328 g/mol. The molecule has 2 nitrogen and oxygen atoms in total. The molecule has 2 N–H and O–H groups in total. The molecule has 0 aliphatic carbocycles. The third-order valence-corrected chi connectivity index (χ3v) is 3.93. The first-order chi connectivity index (χ1) is 8.97. The Labute approximate surface area is 125 Å². The van der Waals surface area contributed by atoms with Gasteiger partial charge in [-0.05, 0) is 49.4 Å². The molecule has 0 saturated heterocycles. The molecule has 0 aliphatic rings. The summed E-state index contributed by atoms with van der Waals surface area (Å²) in [7, 11) is 0. The van der Waals surface area contributed by atoms with Crippen molar-refractivity contribution in [1.82, 2.24) is 0 Å². The third kappa shape index (κ3) is 5.15. The van der Waals surface area contributed by atoms with Gasteiger partial charge in [0.25, 0.3) is 0 Å². The smallest absolute Gasteiger partial charge is 0.125 e. The minimum absolute atomic E-state index is 0.143. The molecule has 0 heterocycles. The first-order valence-corrected chi connectivity index (χ1v) is 7.94. The van der Waals surface area contributed by atoms with Crippen LogP contribution in [0.1, 0.15) is 44.7 Å². The van der Waals surface area contributed by atoms with Crippen LogP contribution in [-0.4, -0.2) is 12.6 Å². The van der Waals surface area contributed by atoms with E-state index in [9.17, 15) is 0 Å². The second kappa shape index (κ2) is 7.91. The summed E-state index contributed by atoms with van der Waals surface area (Å²) in [5.41, 5.74) is 8.31. The van der Waals surface area contributed by atoms with Crippen LogP contribution in [-0.2, 0) is 6.42 Å². The van der Waals surface area contributed by atoms with Crippen molar-refractivity contribution in [2.45, 2.75) is 53.0 Å². The molecule has 0 bridgehead atoms. The fraction of sp³-hybridized carbons (Fsp3) is 0.625. The Hall–Kier alpha value is -0.540. The molecule has 0 radical (unpaired) electrons. The van der Waals surface area contributed by atoms with Crippen molar-refractivity contribution in [1.29, 1.82) is 0 Å². The van der Waals surface area contributed by atoms with Crippen LogP contribution in [0.5, 0.6) is 5.75 Å². The van der Waals surface area contributed by atoms with E-state index in [0.29, 0.717) is 5.92 Å². The van der Waals surface area contributed by atoms with Gasteiger partial charge >= 0.3 is 0 Å². The zero-order valence-corrected chi connectivity index (χ0v) is 14.1. The number of nitrogens with two attached hydrogens (primary N) is 1. The van der Waals surface area contributed by atoms with Crippen molar-refractivity contribution in [3.05, 3.63) is 27.7 Å². The Morgan fingerprint density at radius 1 is 1.26 bits per heavy atom. The molecule has 0 fully saturated rings. The van der Waals surface area contributed by atoms with Crippen molar-refractivity contribution in [3.8, 4) is 5.75 Å². The number of aryl methyl sites for hydroxylation is 1. The molecular weight excluding hydrogens is 302 g/mol. The quantitative estimate of drug-likeness (QED) is 0.802. The predicted octanol–water partition coefficient (Wildman–Crippen LogP) is 4.46. The maximum atomic E-state index is 6.09. The minimum atomic E-state index is 0.143. The predicted molar refractivity (Wildman–Crippen MR) is 85.8 cm³/mol. The van der Waals surface area contributed by atoms with E-state index in [0.717, 1.165) is 36.1 Å². The lowest BCUT2D eigenvalue weighted by Crippen LogP contribution is -2.19. The maximum absolute atomic E-state index is 6.09. The van der Waals surface area contributed by atoms with Crippen LogP contribution >= 0.6 is 15.9 Å². The highest BCUT2D eigenvalue weighted by atomic mass is 79.9. The van der Waals surface area contributed by atoms with Gasteiger partial charge in [-0.1, -0.05) is 42.6 Å². The van der Waals surface area contributed by atoms with Crippen molar-refractivity contribution < 1.29 is 4.74 Å². The lowest BCUT2D eigenvalue weighted by atomic mass is 10.0. The standard InChI is InChI=1S/C16H26BrNO/c1-5-13(6-2)10-19-16-11(3)7-15(17)9-14(16)8-12(4)18/h7,9,12-13H,5-6,8,10,18H2,1-4H3. The van der Waals surface area contributed by atoms with Crippen molar-refractivity contribution in [2.24, 2.45) is 11.7 Å². The van der Waals surface area contributed by atoms with Crippen molar-refractivity contribution >= 4 is 15.9 Å². The molecule has 0 aliphatic heterocycles. The molecule has 1 rings (SSSR count). The molecule has 19 heavy (non-hydrogen) atoms. The molecule has 0 spiro atoms. The van der Waals surface area contributed by atoms with Gasteiger partial charge in [-0.15, -0.1) is 0 Å². The van der Waals surface area contributed by atoms with E-state index < -0.39 is 0 Å². The van der Waals surface area contributed by atoms with Gasteiger partial charge in [0.05, 0.1) is 6.61 Å². The Morgan fingerprint density at radius 2 is 1.89 bits per heavy atom. The molecule has 108 valence electrons. The highest BCUT2D eigenvalue weighted by molar-refractivity contribution is 9.10. The molecule has 0 aromatic heterocycles. The van der Waals surface area contributed by atoms with Crippen LogP contribution in [0.2, 0.25) is 0 Å². The summed E-state index contributed by atoms with van der Waals surface area (Å²) < 4.78 is 7.18. The maximum Gasteiger partial charge on any atom is 0.125 e. The molecule has 0 saturated carbocycles. The summed E-state index contributed by atoms with van der Waals surface area (Å²) in [5.74, 6) is 1.65. The number of rotatable bonds is 7. The van der Waals surface area contributed by atoms with E-state index in [-0.39, 0.29) is 6.04 Å². The molecular formula is C16H26BrNO. The average Bonchev–Trinajstić information content (AvgIpc) is 2.32. The number of ether oxygens (including phenoxy) is 1. The van der Waals surface area contributed by atoms with E-state index in [1.165, 1.54) is 11.1 Å². The van der Waals surface area contributed by atoms with Crippen LogP contribution in [0.15, 0.2) is 16.6 Å². The van der Waals surface area contributed by atoms with Gasteiger partial charge in [0.2, 0.25) is 0 Å². The van der Waals surface area contributed by atoms with E-state index >= 15 is 0 Å². The summed E-state index contributed by atoms with van der Waals surface area (Å²) in [6, 6.07) is 4.37. The van der Waals surface area contributed by atoms with Crippen LogP contribution in [0.25, 0.3) is 0 Å². The Bertz CT molecular complexity index is 400. The van der Waals surface area contributed by atoms with Gasteiger partial charge < -0.3 is 10.5 Å². The lowest BCUT2D eigenvalue weighted by molar-refractivity contribution is 0.237. The first-order valence-electron chi connectivity index (χ1n) is 7.15. The fourth-order valence-electron chi connectivity index (χ4n) is 2.23. The third-order valence-electron chi connectivity index (χ3n) is 3.48. The molecule has 1 aromatic carbocycles. The van der Waals surface area contributed by atoms with Crippen LogP contribution in [0.3, 0.4) is 0 Å². The van der Waals surface area contributed by atoms with Gasteiger partial charge in [0.1, 0.15) is 5.75 Å². The van der Waals surface area contributed by atoms with Gasteiger partial charge in [-0.25, -0.2) is 0 Å². The van der Waals surface area contributed by atoms with Crippen LogP contribution in [0, 0.1) is 12.8 Å². The van der Waals surface area contributed by atoms with E-state index in [2.05, 4.69) is 48.8 Å². The van der Waals surface area contributed by atoms with E-state index in [4.69, 9.17) is 10.5 Å². The summed E-state index contributed by atoms with van der Waals surface area (Å²) in [5, 5.41) is 0. The monoisotopic (exact) mass is 327 g/mol. The van der Waals surface area contributed by atoms with Gasteiger partial charge in [0, 0.05) is 10.5 Å². The van der Waals surface area contributed by atoms with Gasteiger partial charge in [-0.2, -0.15) is 0 Å². The summed E-state index contributed by atoms with van der Waals surface area (Å²) in [6.07, 6.45) is 3.17. The number of hydrogen-bond donors (Lipinski definition) is 1. The SMILES string of the molecule is CCC(CC)COc1c(C)cc(Br)cc1CC(C)N. The topological polar surface area (TPSA) is 35.2 Å². The number of halogens is 1. The molecule has 1 atom stereocenters. The second-order valence-corrected chi connectivity index (χ2v) is 6.30. The molecule has 3 heteroatoms. The van der Waals surface area contributed by atoms with Gasteiger partial charge in [0.15, 0.2) is 0 Å². The summed E-state index contributed by atoms with van der Waals surface area (Å²) in [4.78, 5) is 0. The Balaban J connectivity index is 2.90. The van der Waals surface area contributed by atoms with Crippen molar-refractivity contribution in [2.75, 3.05) is 6.61 Å². The zero-order valence-electron chi connectivity index (χ0n) is 12.5. The Kier molecular flexibility index (Phi) is 6.87. The number of hydrogen-bond acceptors (Lipinski definition) is 2. The first kappa shape index (κ1) is 16.5. The Morgan fingerprint density at radius 3 is 2.42 bits per heavy atom. The lowest BCUT2D eigenvalue weighted by Gasteiger charge is -2.19. The molecule has 1 unspecified atom stereocenters. The van der Waals surface area contributed by atoms with E-state index in [1.54, 1.807) is 0 Å². The zero-order chi connectivity index (χ0) is 14.4. The van der Waals surface area contributed by atoms with Gasteiger partial charge in [-0.3, -0.25) is 0 Å². The van der Waals surface area contributed by atoms with Crippen molar-refractivity contribution in [3.63, 3.8) is 0 Å². The summed E-state index contributed by atoms with van der Waals surface area (Å²) in [6.45, 7) is 9.35. The van der Waals surface area contributed by atoms with Crippen LogP contribution < -0.4 is 10.5 Å². The summed E-state index contributed by atoms with van der Waals surface area (Å²) >= 11 is 3.55. The second-order valence-electron chi connectivity index (χ2n) is 5.39. The molecule has 1 aromatic rings. The largest absolute Gasteiger partial charge is 0.493 e. The van der Waals surface area contributed by atoms with E-state index in [1.807, 2.05) is 6.92 Å². The number of benzene rings is 1. The molecule has 0 amide bonds. The fourth-order valence-corrected chi connectivity index (χ4v) is 2.85. The highest BCUT2D eigenvalue weighted by Crippen LogP contribution is 2.29.